The van der Waals surface area contributed by atoms with Crippen LogP contribution in [0.15, 0.2) is 73.1 Å². The van der Waals surface area contributed by atoms with Crippen molar-refractivity contribution in [1.29, 1.82) is 0 Å². The van der Waals surface area contributed by atoms with Gasteiger partial charge in [-0.2, -0.15) is 0 Å². The monoisotopic (exact) mass is 328 g/mol. The Morgan fingerprint density at radius 2 is 1.84 bits per heavy atom. The van der Waals surface area contributed by atoms with Crippen LogP contribution in [0.25, 0.3) is 22.2 Å². The van der Waals surface area contributed by atoms with Crippen LogP contribution in [0.1, 0.15) is 15.9 Å². The zero-order valence-electron chi connectivity index (χ0n) is 13.7. The number of methoxy groups -OCH3 is 1. The van der Waals surface area contributed by atoms with Gasteiger partial charge < -0.3 is 9.72 Å². The maximum absolute atomic E-state index is 12.9. The Hall–Kier alpha value is -3.40. The van der Waals surface area contributed by atoms with E-state index in [1.54, 1.807) is 25.4 Å². The fourth-order valence-electron chi connectivity index (χ4n) is 2.90. The number of benzene rings is 2. The molecule has 0 spiro atoms. The average Bonchev–Trinajstić information content (AvgIpc) is 3.11. The summed E-state index contributed by atoms with van der Waals surface area (Å²) in [7, 11) is 1.59. The number of carbonyl (C=O) groups is 1. The minimum absolute atomic E-state index is 0.0582. The quantitative estimate of drug-likeness (QED) is 0.562. The van der Waals surface area contributed by atoms with E-state index >= 15 is 0 Å². The van der Waals surface area contributed by atoms with Crippen LogP contribution < -0.4 is 4.74 Å². The van der Waals surface area contributed by atoms with Crippen molar-refractivity contribution >= 4 is 16.8 Å². The second kappa shape index (κ2) is 6.24. The molecule has 0 aliphatic carbocycles. The number of ether oxygens (including phenoxy) is 1. The van der Waals surface area contributed by atoms with Gasteiger partial charge in [-0.15, -0.1) is 0 Å². The molecule has 0 saturated carbocycles. The number of nitrogens with zero attached hydrogens (tertiary/aromatic N) is 1. The highest BCUT2D eigenvalue weighted by Gasteiger charge is 2.16. The molecule has 4 rings (SSSR count). The number of fused-ring (bicyclic) bond motifs is 1. The molecule has 0 aliphatic rings. The normalized spacial score (nSPS) is 10.8. The Balaban J connectivity index is 1.80. The predicted octanol–water partition coefficient (Wildman–Crippen LogP) is 4.47. The highest BCUT2D eigenvalue weighted by Crippen LogP contribution is 2.26. The Kier molecular flexibility index (Phi) is 3.78. The molecule has 0 fully saturated rings. The summed E-state index contributed by atoms with van der Waals surface area (Å²) in [5, 5.41) is 0.814. The maximum Gasteiger partial charge on any atom is 0.195 e. The number of aromatic amines is 1. The third-order valence-corrected chi connectivity index (χ3v) is 4.21. The summed E-state index contributed by atoms with van der Waals surface area (Å²) >= 11 is 0. The number of H-pyrrole nitrogens is 1. The first kappa shape index (κ1) is 15.1. The number of pyridine rings is 1. The lowest BCUT2D eigenvalue weighted by Crippen LogP contribution is -2.00. The topological polar surface area (TPSA) is 55.0 Å². The van der Waals surface area contributed by atoms with Crippen molar-refractivity contribution in [3.05, 3.63) is 84.2 Å². The number of rotatable bonds is 4. The third kappa shape index (κ3) is 2.78. The summed E-state index contributed by atoms with van der Waals surface area (Å²) in [4.78, 5) is 20.5. The molecule has 0 amide bonds. The molecule has 4 heteroatoms. The van der Waals surface area contributed by atoms with E-state index < -0.39 is 0 Å². The molecule has 0 bridgehead atoms. The van der Waals surface area contributed by atoms with Crippen molar-refractivity contribution in [2.24, 2.45) is 0 Å². The molecule has 25 heavy (non-hydrogen) atoms. The fourth-order valence-corrected chi connectivity index (χ4v) is 2.90. The van der Waals surface area contributed by atoms with Crippen LogP contribution in [0.4, 0.5) is 0 Å². The Morgan fingerprint density at radius 1 is 1.00 bits per heavy atom. The summed E-state index contributed by atoms with van der Waals surface area (Å²) in [6.07, 6.45) is 3.53. The smallest absolute Gasteiger partial charge is 0.195 e. The van der Waals surface area contributed by atoms with Crippen molar-refractivity contribution in [3.63, 3.8) is 0 Å². The van der Waals surface area contributed by atoms with E-state index in [1.165, 1.54) is 0 Å². The number of hydrogen-bond acceptors (Lipinski definition) is 3. The molecular weight excluding hydrogens is 312 g/mol. The largest absolute Gasteiger partial charge is 0.497 e. The molecule has 1 N–H and O–H groups in total. The van der Waals surface area contributed by atoms with Crippen LogP contribution in [0, 0.1) is 0 Å². The highest BCUT2D eigenvalue weighted by molar-refractivity contribution is 6.16. The summed E-state index contributed by atoms with van der Waals surface area (Å²) in [6, 6.07) is 19.2. The molecular formula is C21H16N2O2. The summed E-state index contributed by atoms with van der Waals surface area (Å²) in [6.45, 7) is 0. The zero-order chi connectivity index (χ0) is 17.2. The van der Waals surface area contributed by atoms with Crippen molar-refractivity contribution in [2.45, 2.75) is 0 Å². The van der Waals surface area contributed by atoms with E-state index in [2.05, 4.69) is 9.97 Å². The van der Waals surface area contributed by atoms with E-state index in [0.717, 1.165) is 16.5 Å². The molecule has 2 aromatic carbocycles. The van der Waals surface area contributed by atoms with Crippen molar-refractivity contribution in [2.75, 3.05) is 7.11 Å². The Morgan fingerprint density at radius 3 is 2.64 bits per heavy atom. The maximum atomic E-state index is 12.9. The Labute approximate surface area is 145 Å². The van der Waals surface area contributed by atoms with Gasteiger partial charge in [0.05, 0.1) is 7.11 Å². The van der Waals surface area contributed by atoms with Crippen LogP contribution in [-0.2, 0) is 0 Å². The summed E-state index contributed by atoms with van der Waals surface area (Å²) in [5.74, 6) is 0.603. The van der Waals surface area contributed by atoms with Gasteiger partial charge in [-0.05, 0) is 23.8 Å². The van der Waals surface area contributed by atoms with Gasteiger partial charge in [-0.3, -0.25) is 4.79 Å². The van der Waals surface area contributed by atoms with Crippen molar-refractivity contribution in [3.8, 4) is 16.9 Å². The second-order valence-corrected chi connectivity index (χ2v) is 5.75. The van der Waals surface area contributed by atoms with E-state index in [-0.39, 0.29) is 5.78 Å². The third-order valence-electron chi connectivity index (χ3n) is 4.21. The van der Waals surface area contributed by atoms with Crippen LogP contribution in [-0.4, -0.2) is 22.9 Å². The van der Waals surface area contributed by atoms with Gasteiger partial charge in [-0.1, -0.05) is 42.5 Å². The van der Waals surface area contributed by atoms with Gasteiger partial charge >= 0.3 is 0 Å². The molecule has 2 heterocycles. The van der Waals surface area contributed by atoms with Crippen LogP contribution in [0.2, 0.25) is 0 Å². The second-order valence-electron chi connectivity index (χ2n) is 5.75. The molecule has 122 valence electrons. The van der Waals surface area contributed by atoms with Gasteiger partial charge in [0, 0.05) is 34.5 Å². The molecule has 4 nitrogen and oxygen atoms in total. The van der Waals surface area contributed by atoms with E-state index in [4.69, 9.17) is 4.74 Å². The fraction of sp³-hybridized carbons (Fsp3) is 0.0476. The first-order valence-electron chi connectivity index (χ1n) is 7.97. The number of carbonyl (C=O) groups excluding carboxylic acids is 1. The van der Waals surface area contributed by atoms with E-state index in [1.807, 2.05) is 54.7 Å². The van der Waals surface area contributed by atoms with E-state index in [9.17, 15) is 4.79 Å². The first-order chi connectivity index (χ1) is 12.3. The molecule has 4 aromatic rings. The van der Waals surface area contributed by atoms with Crippen LogP contribution >= 0.6 is 0 Å². The SMILES string of the molecule is COc1cccc(C(=O)c2c[nH]c3ncc(-c4ccccc4)cc23)c1. The van der Waals surface area contributed by atoms with Crippen LogP contribution in [0.3, 0.4) is 0 Å². The van der Waals surface area contributed by atoms with Crippen molar-refractivity contribution in [1.82, 2.24) is 9.97 Å². The van der Waals surface area contributed by atoms with Gasteiger partial charge in [0.2, 0.25) is 0 Å². The molecule has 0 saturated heterocycles. The van der Waals surface area contributed by atoms with Crippen LogP contribution in [0.5, 0.6) is 5.75 Å². The average molecular weight is 328 g/mol. The summed E-state index contributed by atoms with van der Waals surface area (Å²) in [5.41, 5.74) is 3.94. The van der Waals surface area contributed by atoms with Crippen molar-refractivity contribution < 1.29 is 9.53 Å². The van der Waals surface area contributed by atoms with E-state index in [0.29, 0.717) is 22.5 Å². The predicted molar refractivity (Wildman–Crippen MR) is 98.0 cm³/mol. The van der Waals surface area contributed by atoms with Gasteiger partial charge in [0.15, 0.2) is 5.78 Å². The zero-order valence-corrected chi connectivity index (χ0v) is 13.7. The number of nitrogens with one attached hydrogen (secondary N) is 1. The minimum atomic E-state index is -0.0582. The molecule has 0 aliphatic heterocycles. The first-order valence-corrected chi connectivity index (χ1v) is 7.97. The highest BCUT2D eigenvalue weighted by atomic mass is 16.5. The lowest BCUT2D eigenvalue weighted by atomic mass is 10.0. The summed E-state index contributed by atoms with van der Waals surface area (Å²) < 4.78 is 5.21. The number of aromatic nitrogens is 2. The lowest BCUT2D eigenvalue weighted by molar-refractivity contribution is 0.104. The standard InChI is InChI=1S/C21H16N2O2/c1-25-17-9-5-8-15(10-17)20(24)19-13-23-21-18(19)11-16(12-22-21)14-6-3-2-4-7-14/h2-13H,1H3,(H,22,23). The molecule has 0 atom stereocenters. The molecule has 0 radical (unpaired) electrons. The lowest BCUT2D eigenvalue weighted by Gasteiger charge is -2.04. The molecule has 2 aromatic heterocycles. The van der Waals surface area contributed by atoms with Gasteiger partial charge in [-0.25, -0.2) is 4.98 Å². The Bertz CT molecular complexity index is 1050. The number of ketones is 1. The minimum Gasteiger partial charge on any atom is -0.497 e. The van der Waals surface area contributed by atoms with Gasteiger partial charge in [0.1, 0.15) is 11.4 Å². The van der Waals surface area contributed by atoms with Gasteiger partial charge in [0.25, 0.3) is 0 Å². The number of hydrogen-bond donors (Lipinski definition) is 1. The molecule has 0 unspecified atom stereocenters.